The highest BCUT2D eigenvalue weighted by Gasteiger charge is 2.36. The van der Waals surface area contributed by atoms with E-state index in [9.17, 15) is 29.5 Å². The molecule has 1 fully saturated rings. The number of anilines is 1. The molecular formula is C27H21FN4O6. The lowest BCUT2D eigenvalue weighted by molar-refractivity contribution is 0.0663. The number of amides is 2. The highest BCUT2D eigenvalue weighted by Crippen LogP contribution is 2.39. The van der Waals surface area contributed by atoms with Crippen LogP contribution in [0.15, 0.2) is 52.5 Å². The topological polar surface area (TPSA) is 144 Å². The molecule has 38 heavy (non-hydrogen) atoms. The Bertz CT molecular complexity index is 1620. The normalized spacial score (nSPS) is 15.0. The van der Waals surface area contributed by atoms with E-state index in [-0.39, 0.29) is 28.9 Å². The molecule has 2 aliphatic rings. The molecule has 1 saturated heterocycles. The number of hydrogen-bond donors (Lipinski definition) is 2. The quantitative estimate of drug-likeness (QED) is 0.389. The van der Waals surface area contributed by atoms with Gasteiger partial charge in [-0.25, -0.2) is 9.18 Å². The number of imide groups is 1. The SMILES string of the molecule is COc1c(N2CCC(=C(C#N)CN3C(=O)c4ccccc4C3=O)CC2)c(F)cc2c(=O)c(C(=O)O)c[nH]c12. The minimum Gasteiger partial charge on any atom is -0.492 e. The van der Waals surface area contributed by atoms with E-state index in [1.165, 1.54) is 7.11 Å². The van der Waals surface area contributed by atoms with Crippen molar-refractivity contribution in [2.24, 2.45) is 0 Å². The van der Waals surface area contributed by atoms with Crippen molar-refractivity contribution in [1.82, 2.24) is 9.88 Å². The van der Waals surface area contributed by atoms with E-state index < -0.39 is 34.6 Å². The number of carbonyl (C=O) groups is 3. The first kappa shape index (κ1) is 24.7. The van der Waals surface area contributed by atoms with E-state index in [0.717, 1.165) is 22.7 Å². The fourth-order valence-electron chi connectivity index (χ4n) is 5.02. The molecule has 0 saturated carbocycles. The Morgan fingerprint density at radius 1 is 1.16 bits per heavy atom. The molecule has 5 rings (SSSR count). The predicted molar refractivity (Wildman–Crippen MR) is 134 cm³/mol. The fraction of sp³-hybridized carbons (Fsp3) is 0.222. The molecule has 3 heterocycles. The molecule has 0 aliphatic carbocycles. The van der Waals surface area contributed by atoms with Crippen molar-refractivity contribution >= 4 is 34.4 Å². The highest BCUT2D eigenvalue weighted by atomic mass is 19.1. The molecule has 11 heteroatoms. The van der Waals surface area contributed by atoms with Crippen LogP contribution in [0.3, 0.4) is 0 Å². The summed E-state index contributed by atoms with van der Waals surface area (Å²) in [5.74, 6) is -3.00. The first-order valence-corrected chi connectivity index (χ1v) is 11.7. The number of carboxylic acids is 1. The van der Waals surface area contributed by atoms with Crippen LogP contribution >= 0.6 is 0 Å². The number of carboxylic acid groups (broad SMARTS) is 1. The van der Waals surface area contributed by atoms with Gasteiger partial charge in [0.15, 0.2) is 11.6 Å². The zero-order chi connectivity index (χ0) is 27.1. The van der Waals surface area contributed by atoms with Crippen LogP contribution in [-0.2, 0) is 0 Å². The second-order valence-electron chi connectivity index (χ2n) is 8.92. The minimum atomic E-state index is -1.43. The lowest BCUT2D eigenvalue weighted by atomic mass is 9.97. The number of aromatic nitrogens is 1. The lowest BCUT2D eigenvalue weighted by Gasteiger charge is -2.32. The van der Waals surface area contributed by atoms with Gasteiger partial charge in [-0.15, -0.1) is 0 Å². The maximum atomic E-state index is 15.3. The number of ether oxygens (including phenoxy) is 1. The number of methoxy groups -OCH3 is 1. The van der Waals surface area contributed by atoms with Crippen LogP contribution < -0.4 is 15.1 Å². The Kier molecular flexibility index (Phi) is 6.16. The average molecular weight is 516 g/mol. The molecule has 0 unspecified atom stereocenters. The van der Waals surface area contributed by atoms with E-state index in [1.807, 2.05) is 0 Å². The zero-order valence-corrected chi connectivity index (χ0v) is 20.2. The number of nitrogens with zero attached hydrogens (tertiary/aromatic N) is 3. The summed E-state index contributed by atoms with van der Waals surface area (Å²) in [6, 6.07) is 9.63. The summed E-state index contributed by atoms with van der Waals surface area (Å²) in [4.78, 5) is 54.9. The van der Waals surface area contributed by atoms with Crippen molar-refractivity contribution in [3.05, 3.63) is 80.4 Å². The van der Waals surface area contributed by atoms with Crippen molar-refractivity contribution < 1.29 is 28.6 Å². The van der Waals surface area contributed by atoms with Gasteiger partial charge in [0, 0.05) is 24.9 Å². The number of pyridine rings is 1. The van der Waals surface area contributed by atoms with Gasteiger partial charge < -0.3 is 19.7 Å². The molecule has 0 radical (unpaired) electrons. The first-order valence-electron chi connectivity index (χ1n) is 11.7. The number of piperidine rings is 1. The standard InChI is InChI=1S/C27H21FN4O6/c1-38-24-21-18(23(33)19(12-30-21)27(36)37)10-20(28)22(24)31-8-6-14(7-9-31)15(11-29)13-32-25(34)16-4-2-3-5-17(16)26(32)35/h2-5,10,12H,6-9,13H2,1H3,(H,30,33)(H,36,37). The highest BCUT2D eigenvalue weighted by molar-refractivity contribution is 6.21. The van der Waals surface area contributed by atoms with Gasteiger partial charge in [-0.05, 0) is 31.0 Å². The van der Waals surface area contributed by atoms with Gasteiger partial charge in [-0.3, -0.25) is 19.3 Å². The summed E-state index contributed by atoms with van der Waals surface area (Å²) in [5, 5.41) is 18.9. The molecule has 2 amide bonds. The van der Waals surface area contributed by atoms with Gasteiger partial charge in [-0.2, -0.15) is 5.26 Å². The van der Waals surface area contributed by atoms with Crippen LogP contribution in [0, 0.1) is 17.1 Å². The largest absolute Gasteiger partial charge is 0.492 e. The van der Waals surface area contributed by atoms with Crippen molar-refractivity contribution in [1.29, 1.82) is 5.26 Å². The second-order valence-corrected chi connectivity index (χ2v) is 8.92. The molecule has 0 bridgehead atoms. The maximum absolute atomic E-state index is 15.3. The summed E-state index contributed by atoms with van der Waals surface area (Å²) in [6.45, 7) is 0.469. The summed E-state index contributed by atoms with van der Waals surface area (Å²) >= 11 is 0. The van der Waals surface area contributed by atoms with Crippen LogP contribution in [-0.4, -0.2) is 59.5 Å². The predicted octanol–water partition coefficient (Wildman–Crippen LogP) is 3.09. The molecule has 0 spiro atoms. The lowest BCUT2D eigenvalue weighted by Crippen LogP contribution is -2.35. The number of aromatic carboxylic acids is 1. The number of carbonyl (C=O) groups excluding carboxylic acids is 2. The molecule has 192 valence electrons. The number of nitrogens with one attached hydrogen (secondary N) is 1. The third-order valence-corrected chi connectivity index (χ3v) is 6.93. The van der Waals surface area contributed by atoms with Gasteiger partial charge in [-0.1, -0.05) is 17.7 Å². The van der Waals surface area contributed by atoms with Crippen LogP contribution in [0.1, 0.15) is 43.9 Å². The van der Waals surface area contributed by atoms with Crippen molar-refractivity contribution in [2.45, 2.75) is 12.8 Å². The summed E-state index contributed by atoms with van der Waals surface area (Å²) in [6.07, 6.45) is 1.80. The Balaban J connectivity index is 1.41. The van der Waals surface area contributed by atoms with Crippen LogP contribution in [0.5, 0.6) is 5.75 Å². The molecular weight excluding hydrogens is 495 g/mol. The maximum Gasteiger partial charge on any atom is 0.341 e. The Hall–Kier alpha value is -4.98. The summed E-state index contributed by atoms with van der Waals surface area (Å²) < 4.78 is 20.7. The molecule has 10 nitrogen and oxygen atoms in total. The fourth-order valence-corrected chi connectivity index (χ4v) is 5.02. The van der Waals surface area contributed by atoms with E-state index >= 15 is 4.39 Å². The Morgan fingerprint density at radius 2 is 1.79 bits per heavy atom. The number of H-pyrrole nitrogens is 1. The number of fused-ring (bicyclic) bond motifs is 2. The van der Waals surface area contributed by atoms with Gasteiger partial charge in [0.25, 0.3) is 11.8 Å². The smallest absolute Gasteiger partial charge is 0.341 e. The van der Waals surface area contributed by atoms with E-state index in [0.29, 0.717) is 42.6 Å². The third-order valence-electron chi connectivity index (χ3n) is 6.93. The molecule has 2 N–H and O–H groups in total. The van der Waals surface area contributed by atoms with Gasteiger partial charge in [0.05, 0.1) is 41.8 Å². The molecule has 3 aromatic rings. The van der Waals surface area contributed by atoms with Crippen LogP contribution in [0.2, 0.25) is 0 Å². The number of hydrogen-bond acceptors (Lipinski definition) is 7. The number of benzene rings is 2. The number of nitriles is 1. The van der Waals surface area contributed by atoms with Gasteiger partial charge >= 0.3 is 5.97 Å². The van der Waals surface area contributed by atoms with E-state index in [1.54, 1.807) is 29.2 Å². The Labute approximate surface area is 215 Å². The molecule has 1 aromatic heterocycles. The number of halogens is 1. The monoisotopic (exact) mass is 516 g/mol. The Morgan fingerprint density at radius 3 is 2.34 bits per heavy atom. The zero-order valence-electron chi connectivity index (χ0n) is 20.2. The van der Waals surface area contributed by atoms with Gasteiger partial charge in [0.2, 0.25) is 5.43 Å². The average Bonchev–Trinajstić information content (AvgIpc) is 3.16. The first-order chi connectivity index (χ1) is 18.3. The number of aromatic amines is 1. The van der Waals surface area contributed by atoms with Crippen LogP contribution in [0.25, 0.3) is 10.9 Å². The summed E-state index contributed by atoms with van der Waals surface area (Å²) in [5.41, 5.74) is 0.632. The van der Waals surface area contributed by atoms with E-state index in [4.69, 9.17) is 4.74 Å². The number of rotatable bonds is 5. The second kappa shape index (κ2) is 9.48. The van der Waals surface area contributed by atoms with Crippen LogP contribution in [0.4, 0.5) is 10.1 Å². The van der Waals surface area contributed by atoms with E-state index in [2.05, 4.69) is 11.1 Å². The molecule has 0 atom stereocenters. The van der Waals surface area contributed by atoms with Gasteiger partial charge in [0.1, 0.15) is 11.3 Å². The van der Waals surface area contributed by atoms with Crippen molar-refractivity contribution in [3.63, 3.8) is 0 Å². The van der Waals surface area contributed by atoms with Crippen molar-refractivity contribution in [2.75, 3.05) is 31.6 Å². The molecule has 2 aromatic carbocycles. The van der Waals surface area contributed by atoms with Crippen molar-refractivity contribution in [3.8, 4) is 11.8 Å². The summed E-state index contributed by atoms with van der Waals surface area (Å²) in [7, 11) is 1.33. The third kappa shape index (κ3) is 3.87. The molecule has 2 aliphatic heterocycles. The minimum absolute atomic E-state index is 0.0630.